The number of hydrogen-bond acceptors (Lipinski definition) is 8. The van der Waals surface area contributed by atoms with E-state index in [1.54, 1.807) is 6.08 Å². The lowest BCUT2D eigenvalue weighted by atomic mass is 10.0. The number of carbonyl (C=O) groups excluding carboxylic acids is 2. The highest BCUT2D eigenvalue weighted by molar-refractivity contribution is 7.86. The number of aromatic nitrogens is 4. The zero-order chi connectivity index (χ0) is 20.5. The molecule has 2 aromatic rings. The van der Waals surface area contributed by atoms with Crippen molar-refractivity contribution in [2.45, 2.75) is 17.8 Å². The molecule has 1 unspecified atom stereocenters. The molecule has 0 spiro atoms. The van der Waals surface area contributed by atoms with E-state index in [1.165, 1.54) is 22.3 Å². The van der Waals surface area contributed by atoms with E-state index in [0.29, 0.717) is 11.3 Å². The van der Waals surface area contributed by atoms with Crippen molar-refractivity contribution < 1.29 is 18.9 Å². The number of nitrogens with zero attached hydrogens (tertiary/aromatic N) is 5. The summed E-state index contributed by atoms with van der Waals surface area (Å²) in [7, 11) is 4.01. The maximum Gasteiger partial charge on any atom is 0.298 e. The van der Waals surface area contributed by atoms with Crippen molar-refractivity contribution in [3.8, 4) is 0 Å². The molecule has 2 amide bonds. The number of nitrogens with one attached hydrogen (secondary N) is 1. The fourth-order valence-electron chi connectivity index (χ4n) is 3.25. The maximum atomic E-state index is 12.8. The van der Waals surface area contributed by atoms with Crippen LogP contribution in [0.4, 0.5) is 0 Å². The summed E-state index contributed by atoms with van der Waals surface area (Å²) < 4.78 is 13.6. The van der Waals surface area contributed by atoms with Gasteiger partial charge in [0.2, 0.25) is 11.7 Å². The first-order chi connectivity index (χ1) is 14.0. The van der Waals surface area contributed by atoms with Crippen LogP contribution >= 0.6 is 11.3 Å². The van der Waals surface area contributed by atoms with E-state index < -0.39 is 28.1 Å². The molecule has 2 aliphatic rings. The van der Waals surface area contributed by atoms with E-state index in [1.807, 2.05) is 17.5 Å². The predicted octanol–water partition coefficient (Wildman–Crippen LogP) is -1.42. The number of rotatable bonds is 6. The molecule has 2 radical (unpaired) electrons. The van der Waals surface area contributed by atoms with Gasteiger partial charge >= 0.3 is 0 Å². The molecule has 1 saturated heterocycles. The third kappa shape index (κ3) is 3.68. The summed E-state index contributed by atoms with van der Waals surface area (Å²) in [5.41, 5.74) is 0.836. The number of fused-ring (bicyclic) bond motifs is 1. The van der Waals surface area contributed by atoms with Gasteiger partial charge in [-0.1, -0.05) is 23.4 Å². The standard InChI is InChI=1S/C16H15BN6O4S2/c17-23-20-14(19-21-23)13-9(3-1-5-24)8-29(27)16-12(15(26)22(13)16)18-11(25)7-10-4-2-6-28-10/h1-4,6,12,16,24H,5,7-8H2,(H,18,25)/b3-1-/t12-,16-,29?/m1/s1. The Balaban J connectivity index is 1.60. The van der Waals surface area contributed by atoms with Gasteiger partial charge in [-0.3, -0.25) is 18.7 Å². The van der Waals surface area contributed by atoms with Crippen LogP contribution in [0.25, 0.3) is 5.70 Å². The molecule has 29 heavy (non-hydrogen) atoms. The second kappa shape index (κ2) is 8.01. The summed E-state index contributed by atoms with van der Waals surface area (Å²) in [6.07, 6.45) is 3.18. The van der Waals surface area contributed by atoms with Crippen LogP contribution in [-0.4, -0.2) is 77.9 Å². The van der Waals surface area contributed by atoms with Crippen LogP contribution in [0.1, 0.15) is 10.7 Å². The number of β-lactam (4-membered cyclic amide) rings is 1. The van der Waals surface area contributed by atoms with Gasteiger partial charge in [0.25, 0.3) is 13.9 Å². The molecule has 148 valence electrons. The van der Waals surface area contributed by atoms with E-state index >= 15 is 0 Å². The molecule has 0 bridgehead atoms. The van der Waals surface area contributed by atoms with E-state index in [9.17, 15) is 13.8 Å². The Bertz CT molecular complexity index is 1030. The molecule has 13 heteroatoms. The molecule has 2 aliphatic heterocycles. The van der Waals surface area contributed by atoms with Gasteiger partial charge in [0.1, 0.15) is 11.4 Å². The van der Waals surface area contributed by atoms with E-state index in [2.05, 4.69) is 20.7 Å². The van der Waals surface area contributed by atoms with Crippen molar-refractivity contribution in [1.82, 2.24) is 30.3 Å². The number of aliphatic hydroxyl groups excluding tert-OH is 1. The Kier molecular flexibility index (Phi) is 5.43. The van der Waals surface area contributed by atoms with Crippen LogP contribution in [0, 0.1) is 0 Å². The SMILES string of the molecule is [B]n1nnc(C2=C(/C=C\CO)CS(=O)[C@@H]3[C@H](NC(=O)Cc4cccs4)C(=O)N23)n1. The van der Waals surface area contributed by atoms with Crippen LogP contribution in [0.2, 0.25) is 0 Å². The fraction of sp³-hybridized carbons (Fsp3) is 0.312. The van der Waals surface area contributed by atoms with Gasteiger partial charge in [-0.05, 0) is 17.0 Å². The number of allylic oxidation sites excluding steroid dienone is 1. The number of carbonyl (C=O) groups is 2. The molecule has 0 aliphatic carbocycles. The Morgan fingerprint density at radius 2 is 2.34 bits per heavy atom. The molecule has 4 rings (SSSR count). The number of hydrogen-bond donors (Lipinski definition) is 2. The van der Waals surface area contributed by atoms with Crippen molar-refractivity contribution in [3.05, 3.63) is 45.9 Å². The summed E-state index contributed by atoms with van der Waals surface area (Å²) in [5.74, 6) is -0.522. The average Bonchev–Trinajstić information content (AvgIpc) is 3.35. The second-order valence-electron chi connectivity index (χ2n) is 6.32. The summed E-state index contributed by atoms with van der Waals surface area (Å²) in [4.78, 5) is 27.3. The van der Waals surface area contributed by atoms with Gasteiger partial charge in [0.05, 0.1) is 35.3 Å². The Hall–Kier alpha value is -2.64. The number of amides is 2. The van der Waals surface area contributed by atoms with Crippen molar-refractivity contribution >= 4 is 47.6 Å². The lowest BCUT2D eigenvalue weighted by molar-refractivity contribution is -0.144. The average molecular weight is 430 g/mol. The first-order valence-corrected chi connectivity index (χ1v) is 10.8. The Labute approximate surface area is 173 Å². The van der Waals surface area contributed by atoms with Gasteiger partial charge in [-0.25, -0.2) is 4.71 Å². The highest BCUT2D eigenvalue weighted by atomic mass is 32.2. The third-order valence-electron chi connectivity index (χ3n) is 4.45. The fourth-order valence-corrected chi connectivity index (χ4v) is 5.60. The molecular weight excluding hydrogens is 415 g/mol. The quantitative estimate of drug-likeness (QED) is 0.425. The zero-order valence-corrected chi connectivity index (χ0v) is 16.6. The lowest BCUT2D eigenvalue weighted by Crippen LogP contribution is -2.72. The molecule has 10 nitrogen and oxygen atoms in total. The topological polar surface area (TPSA) is 130 Å². The molecule has 0 aromatic carbocycles. The third-order valence-corrected chi connectivity index (χ3v) is 6.94. The zero-order valence-electron chi connectivity index (χ0n) is 15.0. The van der Waals surface area contributed by atoms with E-state index in [4.69, 9.17) is 13.1 Å². The van der Waals surface area contributed by atoms with Gasteiger partial charge in [-0.15, -0.1) is 21.5 Å². The summed E-state index contributed by atoms with van der Waals surface area (Å²) in [6, 6.07) is 2.78. The highest BCUT2D eigenvalue weighted by Crippen LogP contribution is 2.38. The Morgan fingerprint density at radius 3 is 3.00 bits per heavy atom. The van der Waals surface area contributed by atoms with Gasteiger partial charge in [0, 0.05) is 4.88 Å². The minimum Gasteiger partial charge on any atom is -0.392 e. The molecular formula is C16H15BN6O4S2. The smallest absolute Gasteiger partial charge is 0.298 e. The number of tetrazole rings is 1. The van der Waals surface area contributed by atoms with E-state index in [0.717, 1.165) is 9.58 Å². The molecule has 2 N–H and O–H groups in total. The van der Waals surface area contributed by atoms with E-state index in [-0.39, 0.29) is 30.5 Å². The van der Waals surface area contributed by atoms with Gasteiger partial charge < -0.3 is 10.4 Å². The molecule has 0 saturated carbocycles. The van der Waals surface area contributed by atoms with Crippen LogP contribution < -0.4 is 5.32 Å². The summed E-state index contributed by atoms with van der Waals surface area (Å²) in [5, 5.41) is 24.3. The first-order valence-electron chi connectivity index (χ1n) is 8.57. The summed E-state index contributed by atoms with van der Waals surface area (Å²) in [6.45, 7) is -0.223. The predicted molar refractivity (Wildman–Crippen MR) is 106 cm³/mol. The van der Waals surface area contributed by atoms with Crippen molar-refractivity contribution in [2.75, 3.05) is 12.4 Å². The minimum atomic E-state index is -1.47. The molecule has 4 heterocycles. The Morgan fingerprint density at radius 1 is 1.52 bits per heavy atom. The van der Waals surface area contributed by atoms with Crippen molar-refractivity contribution in [3.63, 3.8) is 0 Å². The molecule has 3 atom stereocenters. The van der Waals surface area contributed by atoms with Crippen LogP contribution in [0.5, 0.6) is 0 Å². The molecule has 1 fully saturated rings. The minimum absolute atomic E-state index is 0.100. The van der Waals surface area contributed by atoms with Crippen molar-refractivity contribution in [2.24, 2.45) is 0 Å². The monoisotopic (exact) mass is 430 g/mol. The van der Waals surface area contributed by atoms with Crippen LogP contribution in [-0.2, 0) is 26.8 Å². The summed E-state index contributed by atoms with van der Waals surface area (Å²) >= 11 is 1.45. The van der Waals surface area contributed by atoms with Gasteiger partial charge in [0.15, 0.2) is 0 Å². The van der Waals surface area contributed by atoms with Crippen LogP contribution in [0.15, 0.2) is 35.2 Å². The second-order valence-corrected chi connectivity index (χ2v) is 8.88. The van der Waals surface area contributed by atoms with Gasteiger partial charge in [-0.2, -0.15) is 0 Å². The van der Waals surface area contributed by atoms with Crippen molar-refractivity contribution in [1.29, 1.82) is 0 Å². The lowest BCUT2D eigenvalue weighted by Gasteiger charge is -2.49. The highest BCUT2D eigenvalue weighted by Gasteiger charge is 2.56. The number of aliphatic hydroxyl groups is 1. The first kappa shape index (κ1) is 19.7. The largest absolute Gasteiger partial charge is 0.392 e. The number of thiophene rings is 1. The molecule has 2 aromatic heterocycles. The normalized spacial score (nSPS) is 24.0. The van der Waals surface area contributed by atoms with Crippen LogP contribution in [0.3, 0.4) is 0 Å². The maximum absolute atomic E-state index is 12.8.